The summed E-state index contributed by atoms with van der Waals surface area (Å²) in [7, 11) is 0. The highest BCUT2D eigenvalue weighted by Crippen LogP contribution is 2.59. The molecule has 1 heterocycles. The second-order valence-corrected chi connectivity index (χ2v) is 6.57. The van der Waals surface area contributed by atoms with Gasteiger partial charge in [-0.25, -0.2) is 13.2 Å². The normalized spacial score (nSPS) is 32.0. The van der Waals surface area contributed by atoms with Gasteiger partial charge in [0.2, 0.25) is 0 Å². The van der Waals surface area contributed by atoms with Crippen LogP contribution in [0.2, 0.25) is 0 Å². The minimum absolute atomic E-state index is 0.0932. The lowest BCUT2D eigenvalue weighted by Crippen LogP contribution is -2.47. The Labute approximate surface area is 132 Å². The molecule has 2 unspecified atom stereocenters. The van der Waals surface area contributed by atoms with Gasteiger partial charge in [-0.15, -0.1) is 0 Å². The van der Waals surface area contributed by atoms with Gasteiger partial charge < -0.3 is 9.84 Å². The van der Waals surface area contributed by atoms with Crippen molar-refractivity contribution in [2.75, 3.05) is 0 Å². The summed E-state index contributed by atoms with van der Waals surface area (Å²) in [5.41, 5.74) is 0.285. The molecule has 2 atom stereocenters. The van der Waals surface area contributed by atoms with Crippen LogP contribution < -0.4 is 0 Å². The molecule has 2 nitrogen and oxygen atoms in total. The number of phenols is 1. The maximum atomic E-state index is 14.6. The molecule has 4 rings (SSSR count). The summed E-state index contributed by atoms with van der Waals surface area (Å²) in [6.45, 7) is 0. The molecule has 1 N–H and O–H groups in total. The first-order valence-electron chi connectivity index (χ1n) is 7.86. The van der Waals surface area contributed by atoms with E-state index < -0.39 is 23.9 Å². The number of fused-ring (bicyclic) bond motifs is 2. The van der Waals surface area contributed by atoms with E-state index in [1.165, 1.54) is 18.2 Å². The molecule has 2 aliphatic carbocycles. The molecule has 0 amide bonds. The molecule has 0 spiro atoms. The maximum absolute atomic E-state index is 14.6. The summed E-state index contributed by atoms with van der Waals surface area (Å²) in [4.78, 5) is 0. The lowest BCUT2D eigenvalue weighted by molar-refractivity contribution is -0.0968. The van der Waals surface area contributed by atoms with Crippen LogP contribution in [0.3, 0.4) is 0 Å². The summed E-state index contributed by atoms with van der Waals surface area (Å²) in [5, 5.41) is 9.51. The highest BCUT2D eigenvalue weighted by molar-refractivity contribution is 5.53. The van der Waals surface area contributed by atoms with Crippen molar-refractivity contribution in [2.24, 2.45) is 0 Å². The van der Waals surface area contributed by atoms with E-state index in [0.29, 0.717) is 24.2 Å². The van der Waals surface area contributed by atoms with Crippen LogP contribution in [0, 0.1) is 0 Å². The maximum Gasteiger partial charge on any atom is 0.251 e. The summed E-state index contributed by atoms with van der Waals surface area (Å²) >= 11 is 0. The van der Waals surface area contributed by atoms with Crippen molar-refractivity contribution in [2.45, 2.75) is 49.5 Å². The van der Waals surface area contributed by atoms with Crippen molar-refractivity contribution in [3.8, 4) is 5.75 Å². The van der Waals surface area contributed by atoms with Gasteiger partial charge in [-0.2, -0.15) is 0 Å². The van der Waals surface area contributed by atoms with E-state index in [-0.39, 0.29) is 24.4 Å². The van der Waals surface area contributed by atoms with Crippen molar-refractivity contribution in [1.82, 2.24) is 0 Å². The van der Waals surface area contributed by atoms with Gasteiger partial charge in [0, 0.05) is 24.8 Å². The number of aromatic hydroxyl groups is 1. The molecular formula is C18H17F3O2. The van der Waals surface area contributed by atoms with Crippen molar-refractivity contribution in [3.05, 3.63) is 53.1 Å². The number of rotatable bonds is 1. The SMILES string of the molecule is Oc1ccc(C23CCC(F)(F)CC2OC2=C3C(F)=CCC2)cc1. The summed E-state index contributed by atoms with van der Waals surface area (Å²) in [6.07, 6.45) is 1.25. The van der Waals surface area contributed by atoms with E-state index in [9.17, 15) is 18.3 Å². The van der Waals surface area contributed by atoms with Gasteiger partial charge in [0.05, 0.1) is 5.41 Å². The standard InChI is InChI=1S/C18H17F3O2/c19-13-2-1-3-14-16(13)18(11-4-6-12(22)7-5-11)9-8-17(20,21)10-15(18)23-14/h2,4-7,15,22H,1,3,8-10H2. The van der Waals surface area contributed by atoms with Crippen LogP contribution in [-0.2, 0) is 10.2 Å². The van der Waals surface area contributed by atoms with E-state index in [1.807, 2.05) is 0 Å². The Bertz CT molecular complexity index is 705. The van der Waals surface area contributed by atoms with Crippen molar-refractivity contribution in [3.63, 3.8) is 0 Å². The third-order valence-electron chi connectivity index (χ3n) is 5.24. The number of allylic oxidation sites excluding steroid dienone is 3. The second kappa shape index (κ2) is 4.79. The fourth-order valence-electron chi connectivity index (χ4n) is 4.19. The average Bonchev–Trinajstić information content (AvgIpc) is 2.82. The number of benzene rings is 1. The molecule has 0 bridgehead atoms. The van der Waals surface area contributed by atoms with E-state index in [2.05, 4.69) is 0 Å². The van der Waals surface area contributed by atoms with E-state index >= 15 is 0 Å². The topological polar surface area (TPSA) is 29.5 Å². The van der Waals surface area contributed by atoms with Crippen LogP contribution in [-0.4, -0.2) is 17.1 Å². The van der Waals surface area contributed by atoms with Gasteiger partial charge >= 0.3 is 0 Å². The molecule has 1 aromatic carbocycles. The smallest absolute Gasteiger partial charge is 0.251 e. The Hall–Kier alpha value is -1.91. The van der Waals surface area contributed by atoms with Crippen LogP contribution in [0.15, 0.2) is 47.5 Å². The van der Waals surface area contributed by atoms with Gasteiger partial charge in [0.15, 0.2) is 0 Å². The number of hydrogen-bond acceptors (Lipinski definition) is 2. The first-order valence-corrected chi connectivity index (χ1v) is 7.86. The molecule has 1 aliphatic heterocycles. The molecule has 5 heteroatoms. The van der Waals surface area contributed by atoms with Crippen LogP contribution in [0.4, 0.5) is 13.2 Å². The predicted molar refractivity (Wildman–Crippen MR) is 78.9 cm³/mol. The molecule has 0 radical (unpaired) electrons. The molecule has 1 fully saturated rings. The Kier molecular flexibility index (Phi) is 3.06. The quantitative estimate of drug-likeness (QED) is 0.808. The van der Waals surface area contributed by atoms with Crippen LogP contribution in [0.25, 0.3) is 0 Å². The van der Waals surface area contributed by atoms with Gasteiger partial charge in [0.25, 0.3) is 5.92 Å². The first-order chi connectivity index (χ1) is 10.9. The Morgan fingerprint density at radius 3 is 2.61 bits per heavy atom. The molecule has 1 saturated carbocycles. The summed E-state index contributed by atoms with van der Waals surface area (Å²) in [5.74, 6) is -2.54. The zero-order chi connectivity index (χ0) is 16.2. The first kappa shape index (κ1) is 14.7. The second-order valence-electron chi connectivity index (χ2n) is 6.57. The highest BCUT2D eigenvalue weighted by atomic mass is 19.3. The monoisotopic (exact) mass is 322 g/mol. The third kappa shape index (κ3) is 2.09. The van der Waals surface area contributed by atoms with Crippen LogP contribution in [0.1, 0.15) is 37.7 Å². The van der Waals surface area contributed by atoms with E-state index in [0.717, 1.165) is 5.56 Å². The lowest BCUT2D eigenvalue weighted by atomic mass is 9.62. The Morgan fingerprint density at radius 2 is 1.87 bits per heavy atom. The molecule has 1 aromatic rings. The summed E-state index contributed by atoms with van der Waals surface area (Å²) in [6, 6.07) is 6.40. The van der Waals surface area contributed by atoms with Crippen LogP contribution >= 0.6 is 0 Å². The minimum Gasteiger partial charge on any atom is -0.508 e. The predicted octanol–water partition coefficient (Wildman–Crippen LogP) is 4.75. The van der Waals surface area contributed by atoms with Gasteiger partial charge in [-0.3, -0.25) is 0 Å². The number of halogens is 3. The fraction of sp³-hybridized carbons (Fsp3) is 0.444. The third-order valence-corrected chi connectivity index (χ3v) is 5.24. The molecule has 23 heavy (non-hydrogen) atoms. The van der Waals surface area contributed by atoms with Gasteiger partial charge in [-0.05, 0) is 36.6 Å². The molecule has 0 aromatic heterocycles. The zero-order valence-electron chi connectivity index (χ0n) is 12.5. The van der Waals surface area contributed by atoms with E-state index in [4.69, 9.17) is 4.74 Å². The number of hydrogen-bond donors (Lipinski definition) is 1. The fourth-order valence-corrected chi connectivity index (χ4v) is 4.19. The number of alkyl halides is 2. The largest absolute Gasteiger partial charge is 0.508 e. The molecule has 122 valence electrons. The molecule has 3 aliphatic rings. The van der Waals surface area contributed by atoms with Gasteiger partial charge in [-0.1, -0.05) is 12.1 Å². The van der Waals surface area contributed by atoms with Crippen molar-refractivity contribution >= 4 is 0 Å². The van der Waals surface area contributed by atoms with Crippen LogP contribution in [0.5, 0.6) is 5.75 Å². The number of phenolic OH excluding ortho intramolecular Hbond substituents is 1. The highest BCUT2D eigenvalue weighted by Gasteiger charge is 2.59. The minimum atomic E-state index is -2.79. The molecular weight excluding hydrogens is 305 g/mol. The Morgan fingerprint density at radius 1 is 1.13 bits per heavy atom. The average molecular weight is 322 g/mol. The number of ether oxygens (including phenoxy) is 1. The molecule has 0 saturated heterocycles. The van der Waals surface area contributed by atoms with Gasteiger partial charge in [0.1, 0.15) is 23.4 Å². The summed E-state index contributed by atoms with van der Waals surface area (Å²) < 4.78 is 48.3. The lowest BCUT2D eigenvalue weighted by Gasteiger charge is -2.42. The van der Waals surface area contributed by atoms with Crippen molar-refractivity contribution in [1.29, 1.82) is 0 Å². The zero-order valence-corrected chi connectivity index (χ0v) is 12.5. The van der Waals surface area contributed by atoms with E-state index in [1.54, 1.807) is 12.1 Å². The van der Waals surface area contributed by atoms with Crippen molar-refractivity contribution < 1.29 is 23.0 Å². The Balaban J connectivity index is 1.88.